The van der Waals surface area contributed by atoms with Crippen molar-refractivity contribution in [2.75, 3.05) is 25.6 Å². The molecule has 0 unspecified atom stereocenters. The van der Waals surface area contributed by atoms with E-state index in [1.165, 1.54) is 31.4 Å². The molecular weight excluding hydrogens is 556 g/mol. The van der Waals surface area contributed by atoms with E-state index in [1.807, 2.05) is 0 Å². The molecule has 4 amide bonds. The molecule has 1 fully saturated rings. The number of halogens is 1. The standard InChI is InChI=1S/C28H25ClN4O8/c1-3-40-24-14-18(12-20(29)26(24)41-16-17-7-6-8-19(11-17)33(37)38)13-22-27(35)32(28(36)31-22)15-25(34)30-21-9-4-5-10-23(21)39-2/h4-14H,3,15-16H2,1-2H3,(H,30,34)(H,31,36)/b22-13+. The number of amides is 4. The maximum Gasteiger partial charge on any atom is 0.329 e. The number of imide groups is 1. The van der Waals surface area contributed by atoms with Crippen molar-refractivity contribution in [3.63, 3.8) is 0 Å². The summed E-state index contributed by atoms with van der Waals surface area (Å²) in [5.41, 5.74) is 1.24. The number of anilines is 1. The maximum absolute atomic E-state index is 13.0. The number of nitrogens with zero attached hydrogens (tertiary/aromatic N) is 2. The number of hydrogen-bond acceptors (Lipinski definition) is 8. The minimum absolute atomic E-state index is 0.0116. The van der Waals surface area contributed by atoms with Crippen LogP contribution in [-0.2, 0) is 16.2 Å². The smallest absolute Gasteiger partial charge is 0.329 e. The van der Waals surface area contributed by atoms with Gasteiger partial charge in [-0.2, -0.15) is 0 Å². The molecule has 13 heteroatoms. The highest BCUT2D eigenvalue weighted by molar-refractivity contribution is 6.32. The number of nitro groups is 1. The zero-order valence-corrected chi connectivity index (χ0v) is 22.8. The number of carbonyl (C=O) groups excluding carboxylic acids is 3. The van der Waals surface area contributed by atoms with Crippen LogP contribution in [0.5, 0.6) is 17.2 Å². The van der Waals surface area contributed by atoms with Crippen molar-refractivity contribution in [2.45, 2.75) is 13.5 Å². The molecule has 3 aromatic carbocycles. The van der Waals surface area contributed by atoms with Crippen molar-refractivity contribution >= 4 is 46.9 Å². The summed E-state index contributed by atoms with van der Waals surface area (Å²) in [5.74, 6) is -0.393. The lowest BCUT2D eigenvalue weighted by Gasteiger charge is -2.15. The molecule has 1 saturated heterocycles. The Labute approximate surface area is 239 Å². The third-order valence-electron chi connectivity index (χ3n) is 5.79. The number of para-hydroxylation sites is 2. The van der Waals surface area contributed by atoms with Crippen molar-refractivity contribution < 1.29 is 33.5 Å². The van der Waals surface area contributed by atoms with E-state index in [2.05, 4.69) is 10.6 Å². The number of ether oxygens (including phenoxy) is 3. The first-order valence-corrected chi connectivity index (χ1v) is 12.7. The van der Waals surface area contributed by atoms with Crippen LogP contribution >= 0.6 is 11.6 Å². The molecule has 212 valence electrons. The summed E-state index contributed by atoms with van der Waals surface area (Å²) in [5, 5.41) is 16.3. The first-order chi connectivity index (χ1) is 19.7. The third-order valence-corrected chi connectivity index (χ3v) is 6.07. The Balaban J connectivity index is 1.49. The molecule has 3 aromatic rings. The molecule has 4 rings (SSSR count). The Bertz CT molecular complexity index is 1540. The highest BCUT2D eigenvalue weighted by Crippen LogP contribution is 2.38. The molecule has 41 heavy (non-hydrogen) atoms. The summed E-state index contributed by atoms with van der Waals surface area (Å²) < 4.78 is 16.7. The average molecular weight is 581 g/mol. The highest BCUT2D eigenvalue weighted by atomic mass is 35.5. The van der Waals surface area contributed by atoms with E-state index in [-0.39, 0.29) is 41.1 Å². The Morgan fingerprint density at radius 3 is 2.61 bits per heavy atom. The van der Waals surface area contributed by atoms with Gasteiger partial charge in [0.1, 0.15) is 24.6 Å². The van der Waals surface area contributed by atoms with Gasteiger partial charge < -0.3 is 24.8 Å². The van der Waals surface area contributed by atoms with Crippen LogP contribution in [0.25, 0.3) is 6.08 Å². The van der Waals surface area contributed by atoms with E-state index in [4.69, 9.17) is 25.8 Å². The second-order valence-electron chi connectivity index (χ2n) is 8.61. The van der Waals surface area contributed by atoms with Gasteiger partial charge >= 0.3 is 6.03 Å². The lowest BCUT2D eigenvalue weighted by Crippen LogP contribution is -2.38. The van der Waals surface area contributed by atoms with Gasteiger partial charge in [-0.3, -0.25) is 19.7 Å². The lowest BCUT2D eigenvalue weighted by molar-refractivity contribution is -0.384. The van der Waals surface area contributed by atoms with Crippen molar-refractivity contribution in [1.82, 2.24) is 10.2 Å². The molecule has 1 aliphatic heterocycles. The zero-order valence-electron chi connectivity index (χ0n) is 22.0. The normalized spacial score (nSPS) is 13.6. The van der Waals surface area contributed by atoms with Gasteiger partial charge in [-0.15, -0.1) is 0 Å². The summed E-state index contributed by atoms with van der Waals surface area (Å²) in [4.78, 5) is 49.4. The summed E-state index contributed by atoms with van der Waals surface area (Å²) in [6.45, 7) is 1.50. The minimum Gasteiger partial charge on any atom is -0.495 e. The zero-order chi connectivity index (χ0) is 29.5. The summed E-state index contributed by atoms with van der Waals surface area (Å²) >= 11 is 6.48. The van der Waals surface area contributed by atoms with E-state index >= 15 is 0 Å². The monoisotopic (exact) mass is 580 g/mol. The first-order valence-electron chi connectivity index (χ1n) is 12.3. The van der Waals surface area contributed by atoms with Gasteiger partial charge in [0, 0.05) is 12.1 Å². The van der Waals surface area contributed by atoms with Crippen LogP contribution in [0, 0.1) is 10.1 Å². The topological polar surface area (TPSA) is 149 Å². The number of hydrogen-bond donors (Lipinski definition) is 2. The average Bonchev–Trinajstić information content (AvgIpc) is 3.20. The van der Waals surface area contributed by atoms with Crippen molar-refractivity contribution in [3.05, 3.63) is 92.6 Å². The molecule has 2 N–H and O–H groups in total. The summed E-state index contributed by atoms with van der Waals surface area (Å²) in [6, 6.07) is 15.1. The number of methoxy groups -OCH3 is 1. The first kappa shape index (κ1) is 28.9. The van der Waals surface area contributed by atoms with Crippen molar-refractivity contribution in [3.8, 4) is 17.2 Å². The van der Waals surface area contributed by atoms with Gasteiger partial charge in [0.2, 0.25) is 5.91 Å². The van der Waals surface area contributed by atoms with E-state index in [0.717, 1.165) is 4.90 Å². The minimum atomic E-state index is -0.760. The predicted molar refractivity (Wildman–Crippen MR) is 150 cm³/mol. The Hall–Kier alpha value is -5.10. The SMILES string of the molecule is CCOc1cc(/C=C2/NC(=O)N(CC(=O)Nc3ccccc3OC)C2=O)cc(Cl)c1OCc1cccc([N+](=O)[O-])c1. The van der Waals surface area contributed by atoms with Crippen LogP contribution in [-0.4, -0.2) is 47.9 Å². The van der Waals surface area contributed by atoms with Gasteiger partial charge in [-0.25, -0.2) is 9.69 Å². The maximum atomic E-state index is 13.0. The Morgan fingerprint density at radius 2 is 1.88 bits per heavy atom. The van der Waals surface area contributed by atoms with Gasteiger partial charge in [0.05, 0.1) is 29.4 Å². The van der Waals surface area contributed by atoms with E-state index in [1.54, 1.807) is 49.4 Å². The number of nitrogens with one attached hydrogen (secondary N) is 2. The number of urea groups is 1. The highest BCUT2D eigenvalue weighted by Gasteiger charge is 2.35. The second-order valence-corrected chi connectivity index (χ2v) is 9.01. The van der Waals surface area contributed by atoms with Gasteiger partial charge in [-0.05, 0) is 48.4 Å². The van der Waals surface area contributed by atoms with Crippen LogP contribution in [0.4, 0.5) is 16.2 Å². The van der Waals surface area contributed by atoms with Crippen molar-refractivity contribution in [1.29, 1.82) is 0 Å². The summed E-state index contributed by atoms with van der Waals surface area (Å²) in [7, 11) is 1.46. The van der Waals surface area contributed by atoms with Crippen molar-refractivity contribution in [2.24, 2.45) is 0 Å². The fourth-order valence-corrected chi connectivity index (χ4v) is 4.23. The number of rotatable bonds is 11. The molecule has 0 bridgehead atoms. The largest absolute Gasteiger partial charge is 0.495 e. The lowest BCUT2D eigenvalue weighted by atomic mass is 10.1. The molecule has 0 aliphatic carbocycles. The van der Waals surface area contributed by atoms with Crippen LogP contribution in [0.3, 0.4) is 0 Å². The fraction of sp³-hybridized carbons (Fsp3) is 0.179. The van der Waals surface area contributed by atoms with Gasteiger partial charge in [-0.1, -0.05) is 35.9 Å². The fourth-order valence-electron chi connectivity index (χ4n) is 3.95. The van der Waals surface area contributed by atoms with Crippen LogP contribution < -0.4 is 24.8 Å². The van der Waals surface area contributed by atoms with E-state index in [0.29, 0.717) is 22.6 Å². The molecule has 1 aliphatic rings. The number of carbonyl (C=O) groups is 3. The molecule has 1 heterocycles. The molecular formula is C28H25ClN4O8. The third kappa shape index (κ3) is 6.92. The quantitative estimate of drug-likeness (QED) is 0.143. The van der Waals surface area contributed by atoms with E-state index < -0.39 is 29.3 Å². The molecule has 0 aromatic heterocycles. The summed E-state index contributed by atoms with van der Waals surface area (Å²) in [6.07, 6.45) is 1.40. The molecule has 12 nitrogen and oxygen atoms in total. The number of benzene rings is 3. The van der Waals surface area contributed by atoms with Gasteiger partial charge in [0.15, 0.2) is 11.5 Å². The predicted octanol–water partition coefficient (Wildman–Crippen LogP) is 4.77. The Kier molecular flexibility index (Phi) is 9.05. The van der Waals surface area contributed by atoms with Crippen LogP contribution in [0.1, 0.15) is 18.1 Å². The molecule has 0 radical (unpaired) electrons. The molecule has 0 saturated carbocycles. The molecule has 0 atom stereocenters. The van der Waals surface area contributed by atoms with Crippen LogP contribution in [0.2, 0.25) is 5.02 Å². The van der Waals surface area contributed by atoms with E-state index in [9.17, 15) is 24.5 Å². The Morgan fingerprint density at radius 1 is 1.10 bits per heavy atom. The van der Waals surface area contributed by atoms with Crippen LogP contribution in [0.15, 0.2) is 66.4 Å². The second kappa shape index (κ2) is 12.8. The van der Waals surface area contributed by atoms with Gasteiger partial charge in [0.25, 0.3) is 11.6 Å². The number of non-ortho nitro benzene ring substituents is 1. The molecule has 0 spiro atoms. The number of nitro benzene ring substituents is 1.